The molecule has 0 spiro atoms. The number of ether oxygens (including phenoxy) is 1. The Morgan fingerprint density at radius 3 is 2.35 bits per heavy atom. The lowest BCUT2D eigenvalue weighted by molar-refractivity contribution is 0.207. The van der Waals surface area contributed by atoms with Crippen molar-refractivity contribution in [3.8, 4) is 11.5 Å². The number of pyridine rings is 3. The molecule has 3 aromatic heterocycles. The van der Waals surface area contributed by atoms with E-state index in [0.717, 1.165) is 48.9 Å². The molecule has 37 heavy (non-hydrogen) atoms. The van der Waals surface area contributed by atoms with Gasteiger partial charge in [-0.2, -0.15) is 0 Å². The Bertz CT molecular complexity index is 1380. The Balaban J connectivity index is 1.50. The first-order valence-corrected chi connectivity index (χ1v) is 12.4. The molecule has 1 atom stereocenters. The van der Waals surface area contributed by atoms with Crippen LogP contribution in [0.25, 0.3) is 0 Å². The number of hydrogen-bond donors (Lipinski definition) is 1. The first-order chi connectivity index (χ1) is 18.0. The van der Waals surface area contributed by atoms with Crippen LogP contribution in [-0.4, -0.2) is 57.8 Å². The number of rotatable bonds is 7. The Hall–Kier alpha value is -4.17. The smallest absolute Gasteiger partial charge is 0.259 e. The van der Waals surface area contributed by atoms with E-state index < -0.39 is 6.04 Å². The summed E-state index contributed by atoms with van der Waals surface area (Å²) in [5.41, 5.74) is 2.80. The summed E-state index contributed by atoms with van der Waals surface area (Å²) in [5, 5.41) is 11.1. The van der Waals surface area contributed by atoms with Crippen molar-refractivity contribution in [1.29, 1.82) is 0 Å². The first kappa shape index (κ1) is 24.5. The molecule has 8 heteroatoms. The molecule has 190 valence electrons. The van der Waals surface area contributed by atoms with Crippen LogP contribution in [0.15, 0.2) is 84.0 Å². The molecule has 1 fully saturated rings. The molecule has 0 aliphatic carbocycles. The van der Waals surface area contributed by atoms with Gasteiger partial charge < -0.3 is 19.3 Å². The zero-order valence-corrected chi connectivity index (χ0v) is 21.1. The van der Waals surface area contributed by atoms with Gasteiger partial charge in [0, 0.05) is 50.5 Å². The van der Waals surface area contributed by atoms with E-state index in [4.69, 9.17) is 4.74 Å². The number of benzene rings is 1. The third-order valence-corrected chi connectivity index (χ3v) is 6.97. The minimum atomic E-state index is -0.399. The van der Waals surface area contributed by atoms with Gasteiger partial charge in [0.25, 0.3) is 5.56 Å². The molecular formula is C29H31N5O3. The summed E-state index contributed by atoms with van der Waals surface area (Å²) in [5.74, 6) is 1.73. The lowest BCUT2D eigenvalue weighted by Gasteiger charge is -2.40. The van der Waals surface area contributed by atoms with Crippen molar-refractivity contribution in [2.45, 2.75) is 19.5 Å². The third-order valence-electron chi connectivity index (χ3n) is 6.97. The fourth-order valence-corrected chi connectivity index (χ4v) is 4.99. The van der Waals surface area contributed by atoms with Gasteiger partial charge in [-0.05, 0) is 60.5 Å². The first-order valence-electron chi connectivity index (χ1n) is 12.4. The number of methoxy groups -OCH3 is 1. The quantitative estimate of drug-likeness (QED) is 0.418. The zero-order chi connectivity index (χ0) is 25.8. The zero-order valence-electron chi connectivity index (χ0n) is 21.1. The summed E-state index contributed by atoms with van der Waals surface area (Å²) in [6.07, 6.45) is 5.26. The highest BCUT2D eigenvalue weighted by molar-refractivity contribution is 5.42. The van der Waals surface area contributed by atoms with Crippen molar-refractivity contribution >= 4 is 5.82 Å². The van der Waals surface area contributed by atoms with Crippen LogP contribution in [0.4, 0.5) is 5.82 Å². The molecule has 4 heterocycles. The number of piperazine rings is 1. The highest BCUT2D eigenvalue weighted by Gasteiger charge is 2.31. The standard InChI is InChI=1S/C29H31N5O3/c1-21-19-25(35)27(29(36)34(21)20-22-6-8-24(37-2)9-7-22)28(23-10-13-30-14-11-23)33-17-15-32(16-18-33)26-5-3-4-12-31-26/h3-14,19,28,35H,15-18,20H2,1-2H3/t28-/m0/s1. The third kappa shape index (κ3) is 5.20. The summed E-state index contributed by atoms with van der Waals surface area (Å²) in [4.78, 5) is 27.2. The van der Waals surface area contributed by atoms with Gasteiger partial charge in [-0.25, -0.2) is 4.98 Å². The number of aromatic nitrogens is 3. The fourth-order valence-electron chi connectivity index (χ4n) is 4.99. The van der Waals surface area contributed by atoms with Crippen LogP contribution in [-0.2, 0) is 6.54 Å². The monoisotopic (exact) mass is 497 g/mol. The summed E-state index contributed by atoms with van der Waals surface area (Å²) in [6.45, 7) is 5.22. The maximum absolute atomic E-state index is 14.0. The maximum atomic E-state index is 14.0. The summed E-state index contributed by atoms with van der Waals surface area (Å²) < 4.78 is 7.00. The van der Waals surface area contributed by atoms with Crippen LogP contribution in [0.5, 0.6) is 11.5 Å². The lowest BCUT2D eigenvalue weighted by atomic mass is 9.96. The van der Waals surface area contributed by atoms with Gasteiger partial charge in [0.05, 0.1) is 25.3 Å². The molecule has 0 radical (unpaired) electrons. The molecule has 0 amide bonds. The second kappa shape index (κ2) is 10.8. The summed E-state index contributed by atoms with van der Waals surface area (Å²) >= 11 is 0. The number of nitrogens with zero attached hydrogens (tertiary/aromatic N) is 5. The van der Waals surface area contributed by atoms with E-state index in [-0.39, 0.29) is 11.3 Å². The van der Waals surface area contributed by atoms with Crippen LogP contribution >= 0.6 is 0 Å². The van der Waals surface area contributed by atoms with Crippen molar-refractivity contribution in [2.75, 3.05) is 38.2 Å². The van der Waals surface area contributed by atoms with Gasteiger partial charge in [-0.1, -0.05) is 18.2 Å². The molecule has 4 aromatic rings. The molecule has 8 nitrogen and oxygen atoms in total. The average molecular weight is 498 g/mol. The molecule has 0 unspecified atom stereocenters. The van der Waals surface area contributed by atoms with Crippen molar-refractivity contribution in [3.63, 3.8) is 0 Å². The Labute approximate surface area is 216 Å². The molecule has 1 N–H and O–H groups in total. The molecule has 1 aliphatic heterocycles. The van der Waals surface area contributed by atoms with Gasteiger partial charge >= 0.3 is 0 Å². The van der Waals surface area contributed by atoms with Crippen LogP contribution in [0.3, 0.4) is 0 Å². The Kier molecular flexibility index (Phi) is 7.18. The predicted molar refractivity (Wildman–Crippen MR) is 143 cm³/mol. The SMILES string of the molecule is COc1ccc(Cn2c(C)cc(O)c([C@H](c3ccncc3)N3CCN(c4ccccn4)CC3)c2=O)cc1. The van der Waals surface area contributed by atoms with Crippen LogP contribution in [0, 0.1) is 6.92 Å². The fraction of sp³-hybridized carbons (Fsp3) is 0.276. The normalized spacial score (nSPS) is 14.9. The number of hydrogen-bond acceptors (Lipinski definition) is 7. The highest BCUT2D eigenvalue weighted by Crippen LogP contribution is 2.33. The van der Waals surface area contributed by atoms with Crippen molar-refractivity contribution < 1.29 is 9.84 Å². The van der Waals surface area contributed by atoms with E-state index in [1.54, 1.807) is 36.3 Å². The molecule has 1 aromatic carbocycles. The molecule has 0 saturated carbocycles. The molecule has 1 aliphatic rings. The van der Waals surface area contributed by atoms with Crippen molar-refractivity contribution in [1.82, 2.24) is 19.4 Å². The van der Waals surface area contributed by atoms with Crippen LogP contribution < -0.4 is 15.2 Å². The van der Waals surface area contributed by atoms with Gasteiger partial charge in [0.15, 0.2) is 0 Å². The minimum absolute atomic E-state index is 0.0162. The molecule has 0 bridgehead atoms. The molecule has 1 saturated heterocycles. The van der Waals surface area contributed by atoms with Crippen molar-refractivity contribution in [3.05, 3.63) is 112 Å². The van der Waals surface area contributed by atoms with Gasteiger partial charge in [-0.3, -0.25) is 14.7 Å². The minimum Gasteiger partial charge on any atom is -0.507 e. The van der Waals surface area contributed by atoms with E-state index in [1.807, 2.05) is 61.5 Å². The number of aromatic hydroxyl groups is 1. The predicted octanol–water partition coefficient (Wildman–Crippen LogP) is 3.62. The van der Waals surface area contributed by atoms with E-state index in [0.29, 0.717) is 17.8 Å². The van der Waals surface area contributed by atoms with Crippen LogP contribution in [0.2, 0.25) is 0 Å². The number of anilines is 1. The second-order valence-corrected chi connectivity index (χ2v) is 9.22. The second-order valence-electron chi connectivity index (χ2n) is 9.22. The Morgan fingerprint density at radius 1 is 0.973 bits per heavy atom. The molecular weight excluding hydrogens is 466 g/mol. The topological polar surface area (TPSA) is 83.7 Å². The summed E-state index contributed by atoms with van der Waals surface area (Å²) in [7, 11) is 1.63. The van der Waals surface area contributed by atoms with E-state index in [9.17, 15) is 9.90 Å². The summed E-state index contributed by atoms with van der Waals surface area (Å²) in [6, 6.07) is 18.7. The Morgan fingerprint density at radius 2 is 1.70 bits per heavy atom. The highest BCUT2D eigenvalue weighted by atomic mass is 16.5. The van der Waals surface area contributed by atoms with Gasteiger partial charge in [0.1, 0.15) is 17.3 Å². The largest absolute Gasteiger partial charge is 0.507 e. The van der Waals surface area contributed by atoms with Gasteiger partial charge in [0.2, 0.25) is 0 Å². The van der Waals surface area contributed by atoms with E-state index >= 15 is 0 Å². The lowest BCUT2D eigenvalue weighted by Crippen LogP contribution is -2.49. The number of aryl methyl sites for hydroxylation is 1. The average Bonchev–Trinajstić information content (AvgIpc) is 2.95. The van der Waals surface area contributed by atoms with Gasteiger partial charge in [-0.15, -0.1) is 0 Å². The molecule has 5 rings (SSSR count). The maximum Gasteiger partial charge on any atom is 0.259 e. The van der Waals surface area contributed by atoms with Crippen molar-refractivity contribution in [2.24, 2.45) is 0 Å². The van der Waals surface area contributed by atoms with E-state index in [2.05, 4.69) is 19.8 Å². The van der Waals surface area contributed by atoms with E-state index in [1.165, 1.54) is 0 Å². The van der Waals surface area contributed by atoms with Crippen LogP contribution in [0.1, 0.15) is 28.4 Å².